The predicted molar refractivity (Wildman–Crippen MR) is 120 cm³/mol. The van der Waals surface area contributed by atoms with E-state index < -0.39 is 0 Å². The zero-order chi connectivity index (χ0) is 19.7. The Kier molecular flexibility index (Phi) is 16.2. The summed E-state index contributed by atoms with van der Waals surface area (Å²) in [4.78, 5) is 0. The number of aromatic nitrogens is 2. The summed E-state index contributed by atoms with van der Waals surface area (Å²) < 4.78 is 4.61. The van der Waals surface area contributed by atoms with Crippen LogP contribution in [0.5, 0.6) is 0 Å². The molecule has 1 aromatic heterocycles. The first kappa shape index (κ1) is 26.2. The average Bonchev–Trinajstić information content (AvgIpc) is 3.16. The lowest BCUT2D eigenvalue weighted by Gasteiger charge is -2.03. The summed E-state index contributed by atoms with van der Waals surface area (Å²) in [6, 6.07) is 10.7. The van der Waals surface area contributed by atoms with Crippen LogP contribution in [-0.4, -0.2) is 4.57 Å². The van der Waals surface area contributed by atoms with Gasteiger partial charge in [-0.2, -0.15) is 0 Å². The second-order valence-electron chi connectivity index (χ2n) is 8.41. The third kappa shape index (κ3) is 13.1. The van der Waals surface area contributed by atoms with Gasteiger partial charge in [-0.1, -0.05) is 114 Å². The fraction of sp³-hybridized carbons (Fsp3) is 0.654. The normalized spacial score (nSPS) is 10.8. The van der Waals surface area contributed by atoms with E-state index >= 15 is 0 Å². The summed E-state index contributed by atoms with van der Waals surface area (Å²) in [6.07, 6.45) is 26.6. The Hall–Kier alpha value is -0.840. The van der Waals surface area contributed by atoms with Crippen LogP contribution >= 0.6 is 0 Å². The number of halogens is 1. The van der Waals surface area contributed by atoms with Crippen molar-refractivity contribution >= 4 is 0 Å². The maximum absolute atomic E-state index is 2.34. The Morgan fingerprint density at radius 2 is 1.21 bits per heavy atom. The van der Waals surface area contributed by atoms with Crippen LogP contribution in [0, 0.1) is 0 Å². The van der Waals surface area contributed by atoms with E-state index in [1.165, 1.54) is 95.5 Å². The van der Waals surface area contributed by atoms with Crippen molar-refractivity contribution in [1.29, 1.82) is 0 Å². The highest BCUT2D eigenvalue weighted by molar-refractivity contribution is 5.13. The standard InChI is InChI=1S/C26H43N2.HI/c1-2-3-4-5-6-7-8-9-10-11-12-13-14-18-21-27-22-23-28(25-27)24-26-19-16-15-17-20-26;/h15-17,19-20,22-23,25H,2-14,18,21,24H2,1H3;1H/q+1;/p-1. The minimum absolute atomic E-state index is 0. The van der Waals surface area contributed by atoms with Crippen molar-refractivity contribution in [2.45, 2.75) is 110 Å². The van der Waals surface area contributed by atoms with E-state index in [9.17, 15) is 0 Å². The molecular weight excluding hydrogens is 467 g/mol. The van der Waals surface area contributed by atoms with Crippen molar-refractivity contribution in [3.05, 3.63) is 54.6 Å². The topological polar surface area (TPSA) is 8.81 Å². The smallest absolute Gasteiger partial charge is 0.244 e. The molecule has 0 amide bonds. The number of imidazole rings is 1. The monoisotopic (exact) mass is 510 g/mol. The van der Waals surface area contributed by atoms with Gasteiger partial charge in [0.15, 0.2) is 0 Å². The van der Waals surface area contributed by atoms with Gasteiger partial charge in [0.05, 0.1) is 6.54 Å². The molecule has 0 fully saturated rings. The molecule has 0 aliphatic rings. The van der Waals surface area contributed by atoms with Crippen molar-refractivity contribution in [2.75, 3.05) is 0 Å². The summed E-state index contributed by atoms with van der Waals surface area (Å²) in [6.45, 7) is 4.41. The van der Waals surface area contributed by atoms with Gasteiger partial charge in [-0.25, -0.2) is 9.13 Å². The molecule has 2 rings (SSSR count). The lowest BCUT2D eigenvalue weighted by Crippen LogP contribution is -3.00. The zero-order valence-electron chi connectivity index (χ0n) is 18.7. The molecule has 3 heteroatoms. The summed E-state index contributed by atoms with van der Waals surface area (Å²) in [5.74, 6) is 0. The van der Waals surface area contributed by atoms with Crippen LogP contribution in [0.1, 0.15) is 102 Å². The molecular formula is C26H43IN2. The number of rotatable bonds is 17. The van der Waals surface area contributed by atoms with Crippen LogP contribution < -0.4 is 28.5 Å². The molecule has 0 unspecified atom stereocenters. The molecule has 0 saturated heterocycles. The molecule has 2 nitrogen and oxygen atoms in total. The van der Waals surface area contributed by atoms with Gasteiger partial charge in [-0.3, -0.25) is 0 Å². The molecule has 0 bridgehead atoms. The van der Waals surface area contributed by atoms with Crippen LogP contribution in [-0.2, 0) is 13.1 Å². The summed E-state index contributed by atoms with van der Waals surface area (Å²) in [5, 5.41) is 0. The lowest BCUT2D eigenvalue weighted by molar-refractivity contribution is -0.687. The first-order valence-electron chi connectivity index (χ1n) is 12.0. The van der Waals surface area contributed by atoms with Gasteiger partial charge >= 0.3 is 0 Å². The molecule has 1 aromatic carbocycles. The summed E-state index contributed by atoms with van der Waals surface area (Å²) in [7, 11) is 0. The maximum Gasteiger partial charge on any atom is 0.244 e. The second kappa shape index (κ2) is 18.0. The third-order valence-corrected chi connectivity index (χ3v) is 5.72. The molecule has 0 aliphatic carbocycles. The minimum Gasteiger partial charge on any atom is -1.00 e. The highest BCUT2D eigenvalue weighted by Crippen LogP contribution is 2.13. The quantitative estimate of drug-likeness (QED) is 0.170. The van der Waals surface area contributed by atoms with E-state index in [0.29, 0.717) is 0 Å². The Morgan fingerprint density at radius 1 is 0.690 bits per heavy atom. The van der Waals surface area contributed by atoms with E-state index in [2.05, 4.69) is 65.1 Å². The largest absolute Gasteiger partial charge is 1.00 e. The van der Waals surface area contributed by atoms with Gasteiger partial charge in [0, 0.05) is 0 Å². The van der Waals surface area contributed by atoms with Crippen LogP contribution in [0.15, 0.2) is 49.1 Å². The molecule has 0 radical (unpaired) electrons. The van der Waals surface area contributed by atoms with Crippen molar-refractivity contribution in [2.24, 2.45) is 0 Å². The predicted octanol–water partition coefficient (Wildman–Crippen LogP) is 4.31. The molecule has 2 aromatic rings. The number of hydrogen-bond acceptors (Lipinski definition) is 0. The molecule has 29 heavy (non-hydrogen) atoms. The second-order valence-corrected chi connectivity index (χ2v) is 8.41. The molecule has 0 spiro atoms. The Balaban J connectivity index is 0.00000420. The number of benzene rings is 1. The first-order valence-corrected chi connectivity index (χ1v) is 12.0. The zero-order valence-corrected chi connectivity index (χ0v) is 20.9. The van der Waals surface area contributed by atoms with E-state index in [-0.39, 0.29) is 24.0 Å². The fourth-order valence-corrected chi connectivity index (χ4v) is 3.95. The van der Waals surface area contributed by atoms with Crippen molar-refractivity contribution < 1.29 is 28.5 Å². The van der Waals surface area contributed by atoms with E-state index in [0.717, 1.165) is 13.1 Å². The maximum atomic E-state index is 2.34. The van der Waals surface area contributed by atoms with Gasteiger partial charge in [-0.15, -0.1) is 0 Å². The van der Waals surface area contributed by atoms with Gasteiger partial charge < -0.3 is 24.0 Å². The van der Waals surface area contributed by atoms with Crippen LogP contribution in [0.25, 0.3) is 0 Å². The van der Waals surface area contributed by atoms with E-state index in [4.69, 9.17) is 0 Å². The number of unbranched alkanes of at least 4 members (excludes halogenated alkanes) is 13. The van der Waals surface area contributed by atoms with E-state index in [1.54, 1.807) is 0 Å². The van der Waals surface area contributed by atoms with Crippen molar-refractivity contribution in [3.63, 3.8) is 0 Å². The SMILES string of the molecule is CCCCCCCCCCCCCCCCn1cc[n+](Cc2ccccc2)c1.[I-]. The van der Waals surface area contributed by atoms with Gasteiger partial charge in [0.2, 0.25) is 6.33 Å². The van der Waals surface area contributed by atoms with E-state index in [1.807, 2.05) is 0 Å². The van der Waals surface area contributed by atoms with Gasteiger partial charge in [0.1, 0.15) is 18.9 Å². The molecule has 0 N–H and O–H groups in total. The van der Waals surface area contributed by atoms with Crippen LogP contribution in [0.2, 0.25) is 0 Å². The fourth-order valence-electron chi connectivity index (χ4n) is 3.95. The number of nitrogens with zero attached hydrogens (tertiary/aromatic N) is 2. The summed E-state index contributed by atoms with van der Waals surface area (Å²) >= 11 is 0. The lowest BCUT2D eigenvalue weighted by atomic mass is 10.0. The average molecular weight is 511 g/mol. The highest BCUT2D eigenvalue weighted by atomic mass is 127. The van der Waals surface area contributed by atoms with Crippen molar-refractivity contribution in [1.82, 2.24) is 4.57 Å². The Morgan fingerprint density at radius 3 is 1.76 bits per heavy atom. The molecule has 1 heterocycles. The highest BCUT2D eigenvalue weighted by Gasteiger charge is 2.04. The van der Waals surface area contributed by atoms with Gasteiger partial charge in [0.25, 0.3) is 0 Å². The minimum atomic E-state index is 0. The summed E-state index contributed by atoms with van der Waals surface area (Å²) in [5.41, 5.74) is 1.36. The van der Waals surface area contributed by atoms with Crippen LogP contribution in [0.4, 0.5) is 0 Å². The molecule has 0 aliphatic heterocycles. The first-order chi connectivity index (χ1) is 13.9. The Labute approximate surface area is 197 Å². The van der Waals surface area contributed by atoms with Crippen LogP contribution in [0.3, 0.4) is 0 Å². The molecule has 164 valence electrons. The molecule has 0 atom stereocenters. The number of hydrogen-bond donors (Lipinski definition) is 0. The molecule has 0 saturated carbocycles. The third-order valence-electron chi connectivity index (χ3n) is 5.72. The van der Waals surface area contributed by atoms with Crippen molar-refractivity contribution in [3.8, 4) is 0 Å². The Bertz CT molecular complexity index is 594. The number of aryl methyl sites for hydroxylation is 1. The van der Waals surface area contributed by atoms with Gasteiger partial charge in [-0.05, 0) is 18.4 Å².